The maximum Gasteiger partial charge on any atom is 0.254 e. The van der Waals surface area contributed by atoms with Gasteiger partial charge in [0.1, 0.15) is 4.90 Å². The smallest absolute Gasteiger partial charge is 0.254 e. The molecule has 2 heterocycles. The van der Waals surface area contributed by atoms with Crippen LogP contribution in [0.25, 0.3) is 0 Å². The van der Waals surface area contributed by atoms with Gasteiger partial charge in [-0.3, -0.25) is 4.79 Å². The molecule has 3 rings (SSSR count). The van der Waals surface area contributed by atoms with Crippen molar-refractivity contribution in [1.82, 2.24) is 9.21 Å². The van der Waals surface area contributed by atoms with Crippen molar-refractivity contribution in [1.29, 1.82) is 0 Å². The van der Waals surface area contributed by atoms with E-state index in [2.05, 4.69) is 0 Å². The summed E-state index contributed by atoms with van der Waals surface area (Å²) in [5.74, 6) is -0.223. The monoisotopic (exact) mass is 430 g/mol. The van der Waals surface area contributed by atoms with E-state index in [0.717, 1.165) is 0 Å². The summed E-state index contributed by atoms with van der Waals surface area (Å²) in [5.41, 5.74) is 0.304. The average molecular weight is 431 g/mol. The number of benzene rings is 1. The van der Waals surface area contributed by atoms with Crippen LogP contribution in [0.3, 0.4) is 0 Å². The maximum absolute atomic E-state index is 13.2. The molecule has 0 aliphatic carbocycles. The lowest BCUT2D eigenvalue weighted by atomic mass is 10.1. The summed E-state index contributed by atoms with van der Waals surface area (Å²) in [4.78, 5) is 14.6. The first-order chi connectivity index (χ1) is 13.1. The van der Waals surface area contributed by atoms with Crippen molar-refractivity contribution in [2.24, 2.45) is 0 Å². The Balaban J connectivity index is 1.90. The number of carbonyl (C=O) groups is 1. The number of hydrogen-bond donors (Lipinski definition) is 0. The van der Waals surface area contributed by atoms with Crippen LogP contribution >= 0.6 is 11.6 Å². The quantitative estimate of drug-likeness (QED) is 0.735. The van der Waals surface area contributed by atoms with Crippen LogP contribution in [0, 0.1) is 0 Å². The molecular weight excluding hydrogens is 404 g/mol. The van der Waals surface area contributed by atoms with Gasteiger partial charge in [-0.1, -0.05) is 11.6 Å². The fraction of sp³-hybridized carbons (Fsp3) is 0.632. The van der Waals surface area contributed by atoms with E-state index >= 15 is 0 Å². The molecule has 2 fully saturated rings. The molecule has 1 amide bonds. The highest BCUT2D eigenvalue weighted by molar-refractivity contribution is 7.89. The van der Waals surface area contributed by atoms with E-state index in [1.807, 2.05) is 27.7 Å². The number of carbonyl (C=O) groups excluding carboxylic acids is 1. The Bertz CT molecular complexity index is 827. The van der Waals surface area contributed by atoms with Crippen molar-refractivity contribution in [3.8, 4) is 0 Å². The topological polar surface area (TPSA) is 76.2 Å². The predicted octanol–water partition coefficient (Wildman–Crippen LogP) is 2.39. The molecule has 1 aromatic rings. The number of morpholine rings is 2. The van der Waals surface area contributed by atoms with Crippen LogP contribution in [0.1, 0.15) is 38.1 Å². The fourth-order valence-electron chi connectivity index (χ4n) is 3.83. The lowest BCUT2D eigenvalue weighted by Gasteiger charge is -2.36. The molecule has 2 aliphatic heterocycles. The molecule has 1 aromatic carbocycles. The largest absolute Gasteiger partial charge is 0.373 e. The highest BCUT2D eigenvalue weighted by Gasteiger charge is 2.34. The van der Waals surface area contributed by atoms with E-state index in [0.29, 0.717) is 18.7 Å². The van der Waals surface area contributed by atoms with E-state index < -0.39 is 10.0 Å². The zero-order valence-electron chi connectivity index (χ0n) is 16.6. The van der Waals surface area contributed by atoms with Gasteiger partial charge in [-0.25, -0.2) is 8.42 Å². The molecule has 2 aliphatic rings. The molecule has 0 spiro atoms. The van der Waals surface area contributed by atoms with Crippen LogP contribution < -0.4 is 0 Å². The van der Waals surface area contributed by atoms with Gasteiger partial charge in [-0.2, -0.15) is 4.31 Å². The summed E-state index contributed by atoms with van der Waals surface area (Å²) in [6.07, 6.45) is -0.559. The molecule has 9 heteroatoms. The predicted molar refractivity (Wildman–Crippen MR) is 106 cm³/mol. The van der Waals surface area contributed by atoms with Crippen molar-refractivity contribution in [3.63, 3.8) is 0 Å². The number of nitrogens with zero attached hydrogens (tertiary/aromatic N) is 2. The van der Waals surface area contributed by atoms with Gasteiger partial charge in [-0.05, 0) is 45.9 Å². The minimum atomic E-state index is -3.84. The third kappa shape index (κ3) is 4.52. The number of ether oxygens (including phenoxy) is 2. The molecule has 156 valence electrons. The molecule has 4 unspecified atom stereocenters. The third-order valence-corrected chi connectivity index (χ3v) is 7.20. The Morgan fingerprint density at radius 3 is 2.00 bits per heavy atom. The Morgan fingerprint density at radius 2 is 1.46 bits per heavy atom. The van der Waals surface area contributed by atoms with E-state index in [9.17, 15) is 13.2 Å². The number of halogens is 1. The summed E-state index contributed by atoms with van der Waals surface area (Å²) in [6, 6.07) is 4.43. The van der Waals surface area contributed by atoms with Gasteiger partial charge >= 0.3 is 0 Å². The SMILES string of the molecule is CC1CN(C(=O)c2ccc(Cl)c(S(=O)(=O)N3CC(C)OC(C)C3)c2)CC(C)O1. The van der Waals surface area contributed by atoms with Crippen LogP contribution in [0.4, 0.5) is 0 Å². The first-order valence-corrected chi connectivity index (χ1v) is 11.3. The van der Waals surface area contributed by atoms with Crippen molar-refractivity contribution >= 4 is 27.5 Å². The molecule has 2 saturated heterocycles. The molecule has 28 heavy (non-hydrogen) atoms. The second-order valence-electron chi connectivity index (χ2n) is 7.69. The summed E-state index contributed by atoms with van der Waals surface area (Å²) in [5, 5.41) is 0.104. The number of hydrogen-bond acceptors (Lipinski definition) is 5. The van der Waals surface area contributed by atoms with Crippen molar-refractivity contribution in [3.05, 3.63) is 28.8 Å². The number of amides is 1. The molecule has 0 saturated carbocycles. The minimum absolute atomic E-state index is 0.0457. The molecule has 0 N–H and O–H groups in total. The fourth-order valence-corrected chi connectivity index (χ4v) is 5.92. The normalized spacial score (nSPS) is 29.7. The molecule has 4 atom stereocenters. The second kappa shape index (κ2) is 8.28. The van der Waals surface area contributed by atoms with Gasteiger partial charge in [0.15, 0.2) is 0 Å². The Labute approximate surface area is 171 Å². The third-order valence-electron chi connectivity index (χ3n) is 4.89. The van der Waals surface area contributed by atoms with Crippen LogP contribution in [-0.2, 0) is 19.5 Å². The van der Waals surface area contributed by atoms with Crippen LogP contribution in [0.2, 0.25) is 5.02 Å². The summed E-state index contributed by atoms with van der Waals surface area (Å²) in [7, 11) is -3.84. The van der Waals surface area contributed by atoms with E-state index in [1.54, 1.807) is 11.0 Å². The maximum atomic E-state index is 13.2. The molecule has 7 nitrogen and oxygen atoms in total. The standard InChI is InChI=1S/C19H27ClN2O5S/c1-12-8-21(9-13(2)26-12)19(23)16-5-6-17(20)18(7-16)28(24,25)22-10-14(3)27-15(4)11-22/h5-7,12-15H,8-11H2,1-4H3. The van der Waals surface area contributed by atoms with Gasteiger partial charge in [0.05, 0.1) is 29.4 Å². The van der Waals surface area contributed by atoms with E-state index in [1.165, 1.54) is 16.4 Å². The zero-order valence-corrected chi connectivity index (χ0v) is 18.2. The number of sulfonamides is 1. The van der Waals surface area contributed by atoms with E-state index in [-0.39, 0.29) is 53.3 Å². The van der Waals surface area contributed by atoms with Crippen molar-refractivity contribution < 1.29 is 22.7 Å². The van der Waals surface area contributed by atoms with Gasteiger partial charge in [0.2, 0.25) is 10.0 Å². The van der Waals surface area contributed by atoms with E-state index in [4.69, 9.17) is 21.1 Å². The Morgan fingerprint density at radius 1 is 0.964 bits per heavy atom. The van der Waals surface area contributed by atoms with Crippen LogP contribution in [0.15, 0.2) is 23.1 Å². The van der Waals surface area contributed by atoms with Crippen LogP contribution in [-0.4, -0.2) is 74.1 Å². The highest BCUT2D eigenvalue weighted by atomic mass is 35.5. The first-order valence-electron chi connectivity index (χ1n) is 9.47. The lowest BCUT2D eigenvalue weighted by molar-refractivity contribution is -0.0586. The minimum Gasteiger partial charge on any atom is -0.373 e. The lowest BCUT2D eigenvalue weighted by Crippen LogP contribution is -2.48. The van der Waals surface area contributed by atoms with Crippen LogP contribution in [0.5, 0.6) is 0 Å². The summed E-state index contributed by atoms with van der Waals surface area (Å²) >= 11 is 6.23. The van der Waals surface area contributed by atoms with Crippen molar-refractivity contribution in [2.75, 3.05) is 26.2 Å². The molecule has 0 bridgehead atoms. The second-order valence-corrected chi connectivity index (χ2v) is 10.0. The number of rotatable bonds is 3. The van der Waals surface area contributed by atoms with Crippen molar-refractivity contribution in [2.45, 2.75) is 57.0 Å². The highest BCUT2D eigenvalue weighted by Crippen LogP contribution is 2.29. The zero-order chi connectivity index (χ0) is 20.6. The van der Waals surface area contributed by atoms with Gasteiger partial charge in [-0.15, -0.1) is 0 Å². The molecule has 0 aromatic heterocycles. The first kappa shape index (κ1) is 21.5. The van der Waals surface area contributed by atoms with Gasteiger partial charge in [0, 0.05) is 31.7 Å². The molecular formula is C19H27ClN2O5S. The van der Waals surface area contributed by atoms with Gasteiger partial charge in [0.25, 0.3) is 5.91 Å². The Hall–Kier alpha value is -1.19. The Kier molecular flexibility index (Phi) is 6.36. The summed E-state index contributed by atoms with van der Waals surface area (Å²) in [6.45, 7) is 8.92. The van der Waals surface area contributed by atoms with Gasteiger partial charge < -0.3 is 14.4 Å². The molecule has 0 radical (unpaired) electrons. The average Bonchev–Trinajstić information content (AvgIpc) is 2.59. The summed E-state index contributed by atoms with van der Waals surface area (Å²) < 4.78 is 39.1.